The van der Waals surface area contributed by atoms with Crippen LogP contribution in [0.2, 0.25) is 0 Å². The highest BCUT2D eigenvalue weighted by Crippen LogP contribution is 2.30. The van der Waals surface area contributed by atoms with Crippen molar-refractivity contribution in [1.29, 1.82) is 0 Å². The largest absolute Gasteiger partial charge is 0.497 e. The summed E-state index contributed by atoms with van der Waals surface area (Å²) < 4.78 is 11.3. The second-order valence-electron chi connectivity index (χ2n) is 6.35. The van der Waals surface area contributed by atoms with Crippen molar-refractivity contribution in [3.05, 3.63) is 72.4 Å². The van der Waals surface area contributed by atoms with E-state index in [-0.39, 0.29) is 12.0 Å². The third-order valence-corrected chi connectivity index (χ3v) is 4.61. The lowest BCUT2D eigenvalue weighted by Gasteiger charge is -2.33. The van der Waals surface area contributed by atoms with Crippen molar-refractivity contribution in [3.8, 4) is 17.0 Å². The predicted octanol–water partition coefficient (Wildman–Crippen LogP) is 2.76. The quantitative estimate of drug-likeness (QED) is 0.697. The van der Waals surface area contributed by atoms with Crippen LogP contribution in [0.5, 0.6) is 5.75 Å². The molecule has 0 unspecified atom stereocenters. The summed E-state index contributed by atoms with van der Waals surface area (Å²) in [7, 11) is 1.63. The van der Waals surface area contributed by atoms with Gasteiger partial charge in [0.1, 0.15) is 17.5 Å². The highest BCUT2D eigenvalue weighted by Gasteiger charge is 2.29. The normalized spacial score (nSPS) is 16.6. The Kier molecular flexibility index (Phi) is 5.25. The highest BCUT2D eigenvalue weighted by molar-refractivity contribution is 5.92. The maximum absolute atomic E-state index is 12.8. The maximum atomic E-state index is 12.8. The van der Waals surface area contributed by atoms with E-state index < -0.39 is 0 Å². The molecule has 1 saturated heterocycles. The number of aromatic nitrogens is 3. The number of methoxy groups -OCH3 is 1. The van der Waals surface area contributed by atoms with Crippen molar-refractivity contribution in [1.82, 2.24) is 19.9 Å². The van der Waals surface area contributed by atoms with Crippen LogP contribution in [0.4, 0.5) is 0 Å². The minimum atomic E-state index is -0.365. The molecule has 0 aliphatic carbocycles. The molecule has 1 aliphatic heterocycles. The van der Waals surface area contributed by atoms with Crippen LogP contribution in [-0.2, 0) is 4.74 Å². The number of carbonyl (C=O) groups excluding carboxylic acids is 1. The Labute approximate surface area is 163 Å². The van der Waals surface area contributed by atoms with Gasteiger partial charge in [-0.1, -0.05) is 18.2 Å². The van der Waals surface area contributed by atoms with E-state index in [0.29, 0.717) is 31.1 Å². The van der Waals surface area contributed by atoms with E-state index in [0.717, 1.165) is 17.0 Å². The molecule has 7 nitrogen and oxygen atoms in total. The van der Waals surface area contributed by atoms with Gasteiger partial charge in [-0.15, -0.1) is 0 Å². The lowest BCUT2D eigenvalue weighted by molar-refractivity contribution is -0.0247. The van der Waals surface area contributed by atoms with Gasteiger partial charge < -0.3 is 14.4 Å². The minimum absolute atomic E-state index is 0.110. The van der Waals surface area contributed by atoms with Gasteiger partial charge >= 0.3 is 0 Å². The smallest absolute Gasteiger partial charge is 0.272 e. The molecule has 1 aromatic carbocycles. The molecular weight excluding hydrogens is 356 g/mol. The number of rotatable bonds is 4. The molecule has 3 aromatic rings. The van der Waals surface area contributed by atoms with Crippen molar-refractivity contribution < 1.29 is 14.3 Å². The SMILES string of the molecule is COc1cccc(-c2nccnc2[C@H]2CN(C(=O)c3ccccn3)CCO2)c1. The summed E-state index contributed by atoms with van der Waals surface area (Å²) in [6.45, 7) is 1.34. The van der Waals surface area contributed by atoms with Gasteiger partial charge in [-0.25, -0.2) is 0 Å². The van der Waals surface area contributed by atoms with Crippen molar-refractivity contribution >= 4 is 5.91 Å². The molecule has 1 atom stereocenters. The van der Waals surface area contributed by atoms with Gasteiger partial charge in [-0.3, -0.25) is 19.7 Å². The first kappa shape index (κ1) is 18.1. The first-order chi connectivity index (χ1) is 13.8. The maximum Gasteiger partial charge on any atom is 0.272 e. The zero-order valence-corrected chi connectivity index (χ0v) is 15.5. The van der Waals surface area contributed by atoms with Crippen molar-refractivity contribution in [2.75, 3.05) is 26.8 Å². The van der Waals surface area contributed by atoms with E-state index in [1.165, 1.54) is 0 Å². The molecule has 28 heavy (non-hydrogen) atoms. The zero-order valence-electron chi connectivity index (χ0n) is 15.5. The van der Waals surface area contributed by atoms with Gasteiger partial charge in [-0.2, -0.15) is 0 Å². The number of nitrogens with zero attached hydrogens (tertiary/aromatic N) is 4. The summed E-state index contributed by atoms with van der Waals surface area (Å²) in [5.41, 5.74) is 2.74. The first-order valence-corrected chi connectivity index (χ1v) is 9.03. The lowest BCUT2D eigenvalue weighted by Crippen LogP contribution is -2.42. The van der Waals surface area contributed by atoms with E-state index >= 15 is 0 Å². The topological polar surface area (TPSA) is 77.4 Å². The van der Waals surface area contributed by atoms with Crippen LogP contribution in [-0.4, -0.2) is 52.6 Å². The molecule has 0 N–H and O–H groups in total. The molecule has 1 amide bonds. The molecular formula is C21H20N4O3. The zero-order chi connectivity index (χ0) is 19.3. The average Bonchev–Trinajstić information content (AvgIpc) is 2.79. The highest BCUT2D eigenvalue weighted by atomic mass is 16.5. The number of ether oxygens (including phenoxy) is 2. The van der Waals surface area contributed by atoms with Crippen LogP contribution >= 0.6 is 0 Å². The number of amides is 1. The fraction of sp³-hybridized carbons (Fsp3) is 0.238. The molecule has 0 radical (unpaired) electrons. The number of morpholine rings is 1. The number of hydrogen-bond acceptors (Lipinski definition) is 6. The van der Waals surface area contributed by atoms with Gasteiger partial charge in [0.05, 0.1) is 31.6 Å². The molecule has 0 saturated carbocycles. The van der Waals surface area contributed by atoms with Crippen LogP contribution in [0.1, 0.15) is 22.3 Å². The van der Waals surface area contributed by atoms with Crippen LogP contribution in [0.3, 0.4) is 0 Å². The lowest BCUT2D eigenvalue weighted by atomic mass is 10.0. The monoisotopic (exact) mass is 376 g/mol. The molecule has 0 spiro atoms. The van der Waals surface area contributed by atoms with E-state index in [4.69, 9.17) is 9.47 Å². The van der Waals surface area contributed by atoms with Crippen molar-refractivity contribution in [3.63, 3.8) is 0 Å². The molecule has 142 valence electrons. The van der Waals surface area contributed by atoms with Crippen LogP contribution in [0.25, 0.3) is 11.3 Å². The third-order valence-electron chi connectivity index (χ3n) is 4.61. The number of hydrogen-bond donors (Lipinski definition) is 0. The molecule has 4 rings (SSSR count). The summed E-state index contributed by atoms with van der Waals surface area (Å²) in [6, 6.07) is 13.0. The average molecular weight is 376 g/mol. The molecule has 2 aromatic heterocycles. The fourth-order valence-electron chi connectivity index (χ4n) is 3.23. The predicted molar refractivity (Wildman–Crippen MR) is 103 cm³/mol. The first-order valence-electron chi connectivity index (χ1n) is 9.03. The Morgan fingerprint density at radius 3 is 2.82 bits per heavy atom. The summed E-state index contributed by atoms with van der Waals surface area (Å²) in [6.07, 6.45) is 4.55. The molecule has 7 heteroatoms. The van der Waals surface area contributed by atoms with Gasteiger partial charge in [0, 0.05) is 30.7 Å². The van der Waals surface area contributed by atoms with E-state index in [9.17, 15) is 4.79 Å². The van der Waals surface area contributed by atoms with Crippen LogP contribution < -0.4 is 4.74 Å². The Balaban J connectivity index is 1.62. The summed E-state index contributed by atoms with van der Waals surface area (Å²) in [5.74, 6) is 0.631. The minimum Gasteiger partial charge on any atom is -0.497 e. The van der Waals surface area contributed by atoms with E-state index in [1.807, 2.05) is 30.3 Å². The molecule has 1 aliphatic rings. The second-order valence-corrected chi connectivity index (χ2v) is 6.35. The summed E-state index contributed by atoms with van der Waals surface area (Å²) in [5, 5.41) is 0. The Morgan fingerprint density at radius 1 is 1.11 bits per heavy atom. The Bertz CT molecular complexity index is 965. The summed E-state index contributed by atoms with van der Waals surface area (Å²) in [4.78, 5) is 27.7. The van der Waals surface area contributed by atoms with Crippen molar-refractivity contribution in [2.45, 2.75) is 6.10 Å². The molecule has 0 bridgehead atoms. The van der Waals surface area contributed by atoms with Crippen LogP contribution in [0, 0.1) is 0 Å². The van der Waals surface area contributed by atoms with Gasteiger partial charge in [0.2, 0.25) is 0 Å². The number of benzene rings is 1. The Hall–Kier alpha value is -3.32. The summed E-state index contributed by atoms with van der Waals surface area (Å²) >= 11 is 0. The van der Waals surface area contributed by atoms with Gasteiger partial charge in [0.25, 0.3) is 5.91 Å². The van der Waals surface area contributed by atoms with Gasteiger partial charge in [-0.05, 0) is 24.3 Å². The standard InChI is InChI=1S/C21H20N4O3/c1-27-16-6-4-5-15(13-16)19-20(24-10-9-23-19)18-14-25(11-12-28-18)21(26)17-7-2-3-8-22-17/h2-10,13,18H,11-12,14H2,1H3/t18-/m1/s1. The number of carbonyl (C=O) groups is 1. The van der Waals surface area contributed by atoms with Crippen molar-refractivity contribution in [2.24, 2.45) is 0 Å². The number of pyridine rings is 1. The molecule has 3 heterocycles. The van der Waals surface area contributed by atoms with E-state index in [1.54, 1.807) is 42.7 Å². The second kappa shape index (κ2) is 8.14. The van der Waals surface area contributed by atoms with E-state index in [2.05, 4.69) is 15.0 Å². The molecule has 1 fully saturated rings. The third kappa shape index (κ3) is 3.70. The fourth-order valence-corrected chi connectivity index (χ4v) is 3.23. The Morgan fingerprint density at radius 2 is 2.00 bits per heavy atom. The van der Waals surface area contributed by atoms with Crippen LogP contribution in [0.15, 0.2) is 61.1 Å². The van der Waals surface area contributed by atoms with Gasteiger partial charge in [0.15, 0.2) is 0 Å².